The van der Waals surface area contributed by atoms with Crippen molar-refractivity contribution in [2.24, 2.45) is 11.8 Å². The third-order valence-electron chi connectivity index (χ3n) is 7.69. The number of aromatic nitrogens is 2. The zero-order valence-corrected chi connectivity index (χ0v) is 23.3. The molecule has 0 saturated carbocycles. The predicted molar refractivity (Wildman–Crippen MR) is 149 cm³/mol. The summed E-state index contributed by atoms with van der Waals surface area (Å²) < 4.78 is 6.49. The molecule has 3 aromatic rings. The first-order valence-corrected chi connectivity index (χ1v) is 14.2. The van der Waals surface area contributed by atoms with Gasteiger partial charge in [-0.1, -0.05) is 52.3 Å². The molecule has 2 saturated heterocycles. The lowest BCUT2D eigenvalue weighted by atomic mass is 9.96. The summed E-state index contributed by atoms with van der Waals surface area (Å²) in [6.07, 6.45) is 4.38. The van der Waals surface area contributed by atoms with Crippen LogP contribution in [-0.4, -0.2) is 47.1 Å². The molecule has 0 aliphatic carbocycles. The molecule has 1 amide bonds. The third-order valence-corrected chi connectivity index (χ3v) is 8.18. The fourth-order valence-corrected chi connectivity index (χ4v) is 5.72. The van der Waals surface area contributed by atoms with Crippen molar-refractivity contribution < 1.29 is 9.32 Å². The molecule has 2 aliphatic heterocycles. The van der Waals surface area contributed by atoms with Gasteiger partial charge in [-0.15, -0.1) is 0 Å². The SMILES string of the molecule is CC1CCN(c2ccc(C(C)NC(=O)C3CCCN(Cc4nc(-c5cccc(Br)c5)no4)C3)cc2)CC1. The number of piperidine rings is 2. The Hall–Kier alpha value is -2.71. The summed E-state index contributed by atoms with van der Waals surface area (Å²) in [6.45, 7) is 8.82. The van der Waals surface area contributed by atoms with Crippen molar-refractivity contribution in [3.8, 4) is 11.4 Å². The molecule has 0 spiro atoms. The van der Waals surface area contributed by atoms with Crippen LogP contribution in [0.3, 0.4) is 0 Å². The highest BCUT2D eigenvalue weighted by molar-refractivity contribution is 9.10. The number of anilines is 1. The van der Waals surface area contributed by atoms with Gasteiger partial charge in [0.1, 0.15) is 0 Å². The second-order valence-electron chi connectivity index (χ2n) is 10.6. The lowest BCUT2D eigenvalue weighted by Gasteiger charge is -2.32. The molecular formula is C29H36BrN5O2. The van der Waals surface area contributed by atoms with Crippen LogP contribution in [0.1, 0.15) is 57.0 Å². The van der Waals surface area contributed by atoms with Crippen molar-refractivity contribution >= 4 is 27.5 Å². The van der Waals surface area contributed by atoms with Gasteiger partial charge in [-0.3, -0.25) is 9.69 Å². The molecule has 1 N–H and O–H groups in total. The second-order valence-corrected chi connectivity index (χ2v) is 11.5. The maximum Gasteiger partial charge on any atom is 0.241 e. The number of hydrogen-bond donors (Lipinski definition) is 1. The van der Waals surface area contributed by atoms with E-state index >= 15 is 0 Å². The van der Waals surface area contributed by atoms with E-state index < -0.39 is 0 Å². The summed E-state index contributed by atoms with van der Waals surface area (Å²) in [5.74, 6) is 2.05. The highest BCUT2D eigenvalue weighted by Gasteiger charge is 2.28. The molecule has 8 heteroatoms. The lowest BCUT2D eigenvalue weighted by Crippen LogP contribution is -2.43. The fourth-order valence-electron chi connectivity index (χ4n) is 5.32. The Morgan fingerprint density at radius 1 is 1.14 bits per heavy atom. The van der Waals surface area contributed by atoms with E-state index in [1.54, 1.807) is 0 Å². The predicted octanol–water partition coefficient (Wildman–Crippen LogP) is 5.82. The van der Waals surface area contributed by atoms with E-state index in [4.69, 9.17) is 4.52 Å². The molecule has 0 radical (unpaired) electrons. The van der Waals surface area contributed by atoms with E-state index in [-0.39, 0.29) is 17.9 Å². The fraction of sp³-hybridized carbons (Fsp3) is 0.483. The molecule has 37 heavy (non-hydrogen) atoms. The first kappa shape index (κ1) is 25.9. The Kier molecular flexibility index (Phi) is 8.25. The van der Waals surface area contributed by atoms with Gasteiger partial charge in [0.05, 0.1) is 18.5 Å². The van der Waals surface area contributed by atoms with Crippen LogP contribution in [-0.2, 0) is 11.3 Å². The molecule has 2 aliphatic rings. The summed E-state index contributed by atoms with van der Waals surface area (Å²) in [5.41, 5.74) is 3.33. The molecule has 2 fully saturated rings. The minimum Gasteiger partial charge on any atom is -0.372 e. The quantitative estimate of drug-likeness (QED) is 0.388. The molecular weight excluding hydrogens is 530 g/mol. The number of amides is 1. The second kappa shape index (κ2) is 11.8. The highest BCUT2D eigenvalue weighted by Crippen LogP contribution is 2.26. The average Bonchev–Trinajstić information content (AvgIpc) is 3.38. The van der Waals surface area contributed by atoms with E-state index in [0.717, 1.165) is 54.0 Å². The van der Waals surface area contributed by atoms with Gasteiger partial charge in [-0.2, -0.15) is 4.98 Å². The summed E-state index contributed by atoms with van der Waals surface area (Å²) in [7, 11) is 0. The molecule has 1 aromatic heterocycles. The number of rotatable bonds is 7. The maximum absolute atomic E-state index is 13.1. The van der Waals surface area contributed by atoms with Gasteiger partial charge >= 0.3 is 0 Å². The average molecular weight is 567 g/mol. The zero-order valence-electron chi connectivity index (χ0n) is 21.7. The number of benzene rings is 2. The monoisotopic (exact) mass is 565 g/mol. The summed E-state index contributed by atoms with van der Waals surface area (Å²) in [4.78, 5) is 22.4. The van der Waals surface area contributed by atoms with Crippen molar-refractivity contribution in [2.75, 3.05) is 31.1 Å². The smallest absolute Gasteiger partial charge is 0.241 e. The molecule has 2 unspecified atom stereocenters. The van der Waals surface area contributed by atoms with E-state index in [1.165, 1.54) is 18.5 Å². The number of nitrogens with zero attached hydrogens (tertiary/aromatic N) is 4. The lowest BCUT2D eigenvalue weighted by molar-refractivity contribution is -0.127. The van der Waals surface area contributed by atoms with E-state index in [0.29, 0.717) is 24.8 Å². The van der Waals surface area contributed by atoms with Gasteiger partial charge in [0.25, 0.3) is 0 Å². The van der Waals surface area contributed by atoms with Crippen LogP contribution in [0, 0.1) is 11.8 Å². The Balaban J connectivity index is 1.13. The largest absolute Gasteiger partial charge is 0.372 e. The summed E-state index contributed by atoms with van der Waals surface area (Å²) in [5, 5.41) is 7.39. The van der Waals surface area contributed by atoms with Gasteiger partial charge in [0.15, 0.2) is 0 Å². The van der Waals surface area contributed by atoms with Crippen LogP contribution in [0.4, 0.5) is 5.69 Å². The van der Waals surface area contributed by atoms with Crippen LogP contribution in [0.2, 0.25) is 0 Å². The number of carbonyl (C=O) groups excluding carboxylic acids is 1. The van der Waals surface area contributed by atoms with Crippen LogP contribution in [0.5, 0.6) is 0 Å². The topological polar surface area (TPSA) is 74.5 Å². The van der Waals surface area contributed by atoms with Crippen molar-refractivity contribution in [1.82, 2.24) is 20.4 Å². The molecule has 0 bridgehead atoms. The van der Waals surface area contributed by atoms with Gasteiger partial charge in [0.2, 0.25) is 17.6 Å². The zero-order chi connectivity index (χ0) is 25.8. The number of likely N-dealkylation sites (tertiary alicyclic amines) is 1. The molecule has 7 nitrogen and oxygen atoms in total. The van der Waals surface area contributed by atoms with Crippen LogP contribution < -0.4 is 10.2 Å². The van der Waals surface area contributed by atoms with Crippen molar-refractivity contribution in [2.45, 2.75) is 52.1 Å². The van der Waals surface area contributed by atoms with Crippen molar-refractivity contribution in [1.29, 1.82) is 0 Å². The Labute approximate surface area is 227 Å². The molecule has 2 atom stereocenters. The van der Waals surface area contributed by atoms with Crippen LogP contribution in [0.15, 0.2) is 57.5 Å². The Morgan fingerprint density at radius 3 is 2.68 bits per heavy atom. The minimum atomic E-state index is -0.0433. The standard InChI is InChI=1S/C29H36BrN5O2/c1-20-12-15-35(16-13-20)26-10-8-22(9-11-26)21(2)31-29(36)24-6-4-14-34(18-24)19-27-32-28(33-37-27)23-5-3-7-25(30)17-23/h3,5,7-11,17,20-21,24H,4,6,12-16,18-19H2,1-2H3,(H,31,36). The van der Waals surface area contributed by atoms with Crippen molar-refractivity contribution in [3.05, 3.63) is 64.5 Å². The van der Waals surface area contributed by atoms with Gasteiger partial charge in [-0.05, 0) is 74.9 Å². The van der Waals surface area contributed by atoms with Crippen LogP contribution in [0.25, 0.3) is 11.4 Å². The molecule has 196 valence electrons. The third kappa shape index (κ3) is 6.60. The Bertz CT molecular complexity index is 1190. The van der Waals surface area contributed by atoms with Gasteiger partial charge < -0.3 is 14.7 Å². The van der Waals surface area contributed by atoms with Crippen molar-refractivity contribution in [3.63, 3.8) is 0 Å². The maximum atomic E-state index is 13.1. The van der Waals surface area contributed by atoms with Gasteiger partial charge in [0, 0.05) is 35.4 Å². The summed E-state index contributed by atoms with van der Waals surface area (Å²) in [6, 6.07) is 16.5. The van der Waals surface area contributed by atoms with Gasteiger partial charge in [-0.25, -0.2) is 0 Å². The number of hydrogen-bond acceptors (Lipinski definition) is 6. The first-order chi connectivity index (χ1) is 17.9. The van der Waals surface area contributed by atoms with E-state index in [9.17, 15) is 4.79 Å². The summed E-state index contributed by atoms with van der Waals surface area (Å²) >= 11 is 3.48. The highest BCUT2D eigenvalue weighted by atomic mass is 79.9. The molecule has 5 rings (SSSR count). The van der Waals surface area contributed by atoms with E-state index in [1.807, 2.05) is 24.3 Å². The molecule has 3 heterocycles. The normalized spacial score (nSPS) is 20.1. The van der Waals surface area contributed by atoms with E-state index in [2.05, 4.69) is 79.3 Å². The Morgan fingerprint density at radius 2 is 1.92 bits per heavy atom. The first-order valence-electron chi connectivity index (χ1n) is 13.4. The minimum absolute atomic E-state index is 0.0259. The number of halogens is 1. The molecule has 2 aromatic carbocycles. The van der Waals surface area contributed by atoms with Crippen LogP contribution >= 0.6 is 15.9 Å². The number of carbonyl (C=O) groups is 1. The number of nitrogens with one attached hydrogen (secondary N) is 1.